The summed E-state index contributed by atoms with van der Waals surface area (Å²) in [6.07, 6.45) is 4.56. The Morgan fingerprint density at radius 2 is 2.18 bits per heavy atom. The maximum absolute atomic E-state index is 12.4. The summed E-state index contributed by atoms with van der Waals surface area (Å²) < 4.78 is 1.69. The van der Waals surface area contributed by atoms with Crippen LogP contribution in [0, 0.1) is 6.92 Å². The summed E-state index contributed by atoms with van der Waals surface area (Å²) in [4.78, 5) is 14.4. The lowest BCUT2D eigenvalue weighted by atomic mass is 10.0. The monoisotopic (exact) mass is 315 g/mol. The van der Waals surface area contributed by atoms with Gasteiger partial charge >= 0.3 is 0 Å². The number of aromatic nitrogens is 2. The molecule has 1 aliphatic rings. The van der Waals surface area contributed by atoms with Gasteiger partial charge in [-0.3, -0.25) is 9.48 Å². The van der Waals surface area contributed by atoms with Crippen LogP contribution in [0.15, 0.2) is 42.7 Å². The van der Waals surface area contributed by atoms with Crippen molar-refractivity contribution in [1.29, 1.82) is 0 Å². The zero-order valence-electron chi connectivity index (χ0n) is 12.8. The second-order valence-electron chi connectivity index (χ2n) is 5.59. The van der Waals surface area contributed by atoms with E-state index in [1.54, 1.807) is 10.9 Å². The van der Waals surface area contributed by atoms with E-state index in [0.717, 1.165) is 25.3 Å². The summed E-state index contributed by atoms with van der Waals surface area (Å²) in [5, 5.41) is 4.60. The third-order valence-electron chi connectivity index (χ3n) is 4.09. The summed E-state index contributed by atoms with van der Waals surface area (Å²) in [5.41, 5.74) is 2.75. The predicted molar refractivity (Wildman–Crippen MR) is 89.8 cm³/mol. The summed E-state index contributed by atoms with van der Waals surface area (Å²) in [5.74, 6) is 1.15. The Morgan fingerprint density at radius 1 is 1.32 bits per heavy atom. The molecule has 0 radical (unpaired) electrons. The first-order valence-electron chi connectivity index (χ1n) is 7.66. The van der Waals surface area contributed by atoms with Gasteiger partial charge in [0, 0.05) is 36.5 Å². The molecule has 0 spiro atoms. The number of hydrogen-bond acceptors (Lipinski definition) is 3. The molecule has 0 N–H and O–H groups in total. The molecule has 1 amide bonds. The number of thioether (sulfide) groups is 1. The van der Waals surface area contributed by atoms with Crippen molar-refractivity contribution in [3.05, 3.63) is 53.9 Å². The van der Waals surface area contributed by atoms with E-state index < -0.39 is 0 Å². The molecule has 1 atom stereocenters. The second kappa shape index (κ2) is 7.01. The maximum Gasteiger partial charge on any atom is 0.244 e. The normalized spacial score (nSPS) is 19.0. The Bertz CT molecular complexity index is 627. The van der Waals surface area contributed by atoms with E-state index in [4.69, 9.17) is 0 Å². The van der Waals surface area contributed by atoms with Gasteiger partial charge in [0.2, 0.25) is 5.91 Å². The lowest BCUT2D eigenvalue weighted by molar-refractivity contribution is -0.131. The van der Waals surface area contributed by atoms with E-state index in [1.807, 2.05) is 28.9 Å². The van der Waals surface area contributed by atoms with Crippen LogP contribution in [-0.2, 0) is 11.3 Å². The molecule has 2 aromatic rings. The molecule has 3 rings (SSSR count). The van der Waals surface area contributed by atoms with Gasteiger partial charge in [-0.2, -0.15) is 16.9 Å². The largest absolute Gasteiger partial charge is 0.340 e. The minimum atomic E-state index is 0.162. The van der Waals surface area contributed by atoms with Crippen molar-refractivity contribution < 1.29 is 4.79 Å². The number of rotatable bonds is 3. The van der Waals surface area contributed by atoms with E-state index in [2.05, 4.69) is 36.3 Å². The Hall–Kier alpha value is -1.75. The van der Waals surface area contributed by atoms with Gasteiger partial charge in [-0.15, -0.1) is 0 Å². The zero-order valence-corrected chi connectivity index (χ0v) is 13.6. The highest BCUT2D eigenvalue weighted by Crippen LogP contribution is 2.35. The van der Waals surface area contributed by atoms with Gasteiger partial charge in [0.15, 0.2) is 0 Å². The lowest BCUT2D eigenvalue weighted by Crippen LogP contribution is -2.35. The van der Waals surface area contributed by atoms with E-state index in [1.165, 1.54) is 11.1 Å². The third-order valence-corrected chi connectivity index (χ3v) is 5.40. The number of hydrogen-bond donors (Lipinski definition) is 0. The van der Waals surface area contributed by atoms with Crippen LogP contribution in [0.3, 0.4) is 0 Å². The number of benzene rings is 1. The van der Waals surface area contributed by atoms with Crippen LogP contribution in [0.5, 0.6) is 0 Å². The Kier molecular flexibility index (Phi) is 4.83. The van der Waals surface area contributed by atoms with Crippen LogP contribution in [-0.4, -0.2) is 39.4 Å². The molecule has 1 saturated heterocycles. The molecule has 1 fully saturated rings. The second-order valence-corrected chi connectivity index (χ2v) is 6.90. The Labute approximate surface area is 135 Å². The summed E-state index contributed by atoms with van der Waals surface area (Å²) >= 11 is 1.96. The molecule has 0 bridgehead atoms. The number of aryl methyl sites for hydroxylation is 1. The number of carbonyl (C=O) groups excluding carboxylic acids is 1. The van der Waals surface area contributed by atoms with Crippen molar-refractivity contribution in [2.24, 2.45) is 0 Å². The van der Waals surface area contributed by atoms with E-state index >= 15 is 0 Å². The first-order chi connectivity index (χ1) is 10.7. The van der Waals surface area contributed by atoms with Crippen LogP contribution in [0.2, 0.25) is 0 Å². The molecule has 1 aliphatic heterocycles. The maximum atomic E-state index is 12.4. The SMILES string of the molecule is Cc1ccccc1[C@H]1CCN(C(=O)Cn2cccn2)CCS1. The van der Waals surface area contributed by atoms with E-state index in [9.17, 15) is 4.79 Å². The fourth-order valence-corrected chi connectivity index (χ4v) is 4.18. The molecule has 1 aromatic carbocycles. The van der Waals surface area contributed by atoms with Gasteiger partial charge in [-0.1, -0.05) is 24.3 Å². The first-order valence-corrected chi connectivity index (χ1v) is 8.71. The minimum Gasteiger partial charge on any atom is -0.340 e. The van der Waals surface area contributed by atoms with E-state index in [-0.39, 0.29) is 5.91 Å². The highest BCUT2D eigenvalue weighted by Gasteiger charge is 2.22. The predicted octanol–water partition coefficient (Wildman–Crippen LogP) is 2.90. The third kappa shape index (κ3) is 3.53. The first kappa shape index (κ1) is 15.2. The molecule has 0 saturated carbocycles. The van der Waals surface area contributed by atoms with Crippen LogP contribution in [0.25, 0.3) is 0 Å². The molecular weight excluding hydrogens is 294 g/mol. The van der Waals surface area contributed by atoms with Crippen LogP contribution >= 0.6 is 11.8 Å². The van der Waals surface area contributed by atoms with E-state index in [0.29, 0.717) is 11.8 Å². The van der Waals surface area contributed by atoms with Crippen molar-refractivity contribution in [3.63, 3.8) is 0 Å². The van der Waals surface area contributed by atoms with Gasteiger partial charge < -0.3 is 4.90 Å². The average molecular weight is 315 g/mol. The van der Waals surface area contributed by atoms with Gasteiger partial charge in [0.05, 0.1) is 0 Å². The number of amides is 1. The summed E-state index contributed by atoms with van der Waals surface area (Å²) in [7, 11) is 0. The summed E-state index contributed by atoms with van der Waals surface area (Å²) in [6.45, 7) is 4.16. The van der Waals surface area contributed by atoms with Gasteiger partial charge in [0.25, 0.3) is 0 Å². The molecule has 0 unspecified atom stereocenters. The molecule has 5 heteroatoms. The van der Waals surface area contributed by atoms with Crippen LogP contribution in [0.1, 0.15) is 22.8 Å². The van der Waals surface area contributed by atoms with Crippen LogP contribution < -0.4 is 0 Å². The van der Waals surface area contributed by atoms with Crippen molar-refractivity contribution >= 4 is 17.7 Å². The molecule has 22 heavy (non-hydrogen) atoms. The Morgan fingerprint density at radius 3 is 2.95 bits per heavy atom. The smallest absolute Gasteiger partial charge is 0.244 e. The average Bonchev–Trinajstić information content (AvgIpc) is 2.90. The number of nitrogens with zero attached hydrogens (tertiary/aromatic N) is 3. The fourth-order valence-electron chi connectivity index (χ4n) is 2.85. The van der Waals surface area contributed by atoms with Gasteiger partial charge in [-0.25, -0.2) is 0 Å². The molecule has 0 aliphatic carbocycles. The van der Waals surface area contributed by atoms with Crippen molar-refractivity contribution in [1.82, 2.24) is 14.7 Å². The van der Waals surface area contributed by atoms with Gasteiger partial charge in [-0.05, 0) is 30.5 Å². The van der Waals surface area contributed by atoms with Crippen molar-refractivity contribution in [3.8, 4) is 0 Å². The fraction of sp³-hybridized carbons (Fsp3) is 0.412. The minimum absolute atomic E-state index is 0.162. The number of carbonyl (C=O) groups is 1. The van der Waals surface area contributed by atoms with Crippen LogP contribution in [0.4, 0.5) is 0 Å². The molecule has 1 aromatic heterocycles. The van der Waals surface area contributed by atoms with Gasteiger partial charge in [0.1, 0.15) is 6.54 Å². The molecular formula is C17H21N3OS. The molecule has 4 nitrogen and oxygen atoms in total. The molecule has 116 valence electrons. The highest BCUT2D eigenvalue weighted by atomic mass is 32.2. The standard InChI is InChI=1S/C17H21N3OS/c1-14-5-2-3-6-15(14)16-7-10-19(11-12-22-16)17(21)13-20-9-4-8-18-20/h2-6,8-9,16H,7,10-13H2,1H3/t16-/m1/s1. The zero-order chi connectivity index (χ0) is 15.4. The molecule has 2 heterocycles. The lowest BCUT2D eigenvalue weighted by Gasteiger charge is -2.20. The quantitative estimate of drug-likeness (QED) is 0.874. The Balaban J connectivity index is 1.62. The summed E-state index contributed by atoms with van der Waals surface area (Å²) in [6, 6.07) is 10.4. The topological polar surface area (TPSA) is 38.1 Å². The van der Waals surface area contributed by atoms with Crippen molar-refractivity contribution in [2.45, 2.75) is 25.1 Å². The highest BCUT2D eigenvalue weighted by molar-refractivity contribution is 7.99. The van der Waals surface area contributed by atoms with Crippen molar-refractivity contribution in [2.75, 3.05) is 18.8 Å².